The molecule has 6 nitrogen and oxygen atoms in total. The molecule has 1 aliphatic rings. The molecule has 0 radical (unpaired) electrons. The maximum absolute atomic E-state index is 12.5. The van der Waals surface area contributed by atoms with Crippen LogP contribution in [0.2, 0.25) is 0 Å². The maximum atomic E-state index is 12.5. The molecule has 5 N–H and O–H groups in total. The fourth-order valence-electron chi connectivity index (χ4n) is 2.57. The Morgan fingerprint density at radius 1 is 1.32 bits per heavy atom. The summed E-state index contributed by atoms with van der Waals surface area (Å²) in [6.07, 6.45) is 1.24. The molecule has 2 amide bonds. The molecule has 22 heavy (non-hydrogen) atoms. The van der Waals surface area contributed by atoms with Gasteiger partial charge in [-0.25, -0.2) is 0 Å². The van der Waals surface area contributed by atoms with E-state index in [4.69, 9.17) is 16.2 Å². The number of benzene rings is 1. The van der Waals surface area contributed by atoms with Crippen molar-refractivity contribution in [2.75, 3.05) is 25.1 Å². The van der Waals surface area contributed by atoms with E-state index in [0.29, 0.717) is 43.9 Å². The van der Waals surface area contributed by atoms with Crippen LogP contribution in [0.3, 0.4) is 0 Å². The van der Waals surface area contributed by atoms with Crippen LogP contribution in [0.25, 0.3) is 0 Å². The van der Waals surface area contributed by atoms with Crippen LogP contribution >= 0.6 is 12.4 Å². The van der Waals surface area contributed by atoms with Crippen LogP contribution in [0.4, 0.5) is 5.69 Å². The molecule has 1 aromatic carbocycles. The van der Waals surface area contributed by atoms with Gasteiger partial charge in [0.15, 0.2) is 0 Å². The molecule has 0 atom stereocenters. The van der Waals surface area contributed by atoms with Crippen molar-refractivity contribution in [1.82, 2.24) is 0 Å². The highest BCUT2D eigenvalue weighted by molar-refractivity contribution is 5.98. The summed E-state index contributed by atoms with van der Waals surface area (Å²) in [4.78, 5) is 23.7. The van der Waals surface area contributed by atoms with Crippen molar-refractivity contribution in [2.24, 2.45) is 16.9 Å². The van der Waals surface area contributed by atoms with Crippen LogP contribution in [0.1, 0.15) is 28.8 Å². The summed E-state index contributed by atoms with van der Waals surface area (Å²) in [5, 5.41) is 2.88. The molecule has 0 spiro atoms. The summed E-state index contributed by atoms with van der Waals surface area (Å²) in [7, 11) is 0. The Morgan fingerprint density at radius 3 is 2.45 bits per heavy atom. The van der Waals surface area contributed by atoms with Gasteiger partial charge in [0.1, 0.15) is 0 Å². The number of aryl methyl sites for hydroxylation is 1. The molecule has 0 aliphatic carbocycles. The zero-order valence-corrected chi connectivity index (χ0v) is 13.4. The van der Waals surface area contributed by atoms with E-state index in [2.05, 4.69) is 5.32 Å². The minimum atomic E-state index is -0.575. The molecule has 0 aromatic heterocycles. The first kappa shape index (κ1) is 18.4. The van der Waals surface area contributed by atoms with E-state index in [0.717, 1.165) is 5.56 Å². The van der Waals surface area contributed by atoms with E-state index in [1.807, 2.05) is 0 Å². The topological polar surface area (TPSA) is 107 Å². The normalized spacial score (nSPS) is 16.5. The first-order valence-corrected chi connectivity index (χ1v) is 6.98. The van der Waals surface area contributed by atoms with Crippen molar-refractivity contribution < 1.29 is 14.3 Å². The molecule has 0 saturated carbocycles. The average Bonchev–Trinajstić information content (AvgIpc) is 2.47. The van der Waals surface area contributed by atoms with Gasteiger partial charge in [-0.15, -0.1) is 12.4 Å². The summed E-state index contributed by atoms with van der Waals surface area (Å²) >= 11 is 0. The third-order valence-electron chi connectivity index (χ3n) is 4.07. The number of carbonyl (C=O) groups excluding carboxylic acids is 2. The third kappa shape index (κ3) is 3.76. The van der Waals surface area contributed by atoms with Gasteiger partial charge in [-0.2, -0.15) is 0 Å². The number of hydrogen-bond donors (Lipinski definition) is 3. The Labute approximate surface area is 136 Å². The van der Waals surface area contributed by atoms with Crippen molar-refractivity contribution in [3.8, 4) is 0 Å². The number of ether oxygens (including phenoxy) is 1. The largest absolute Gasteiger partial charge is 0.381 e. The predicted molar refractivity (Wildman–Crippen MR) is 87.1 cm³/mol. The summed E-state index contributed by atoms with van der Waals surface area (Å²) in [5.74, 6) is -0.576. The van der Waals surface area contributed by atoms with E-state index in [1.165, 1.54) is 0 Å². The van der Waals surface area contributed by atoms with Crippen LogP contribution in [0, 0.1) is 12.3 Å². The second kappa shape index (κ2) is 7.58. The van der Waals surface area contributed by atoms with Gasteiger partial charge in [0.25, 0.3) is 0 Å². The van der Waals surface area contributed by atoms with Gasteiger partial charge < -0.3 is 21.5 Å². The van der Waals surface area contributed by atoms with E-state index < -0.39 is 11.3 Å². The molecule has 1 heterocycles. The van der Waals surface area contributed by atoms with Crippen molar-refractivity contribution in [1.29, 1.82) is 0 Å². The van der Waals surface area contributed by atoms with E-state index in [-0.39, 0.29) is 18.3 Å². The number of halogens is 1. The number of amides is 2. The van der Waals surface area contributed by atoms with Crippen LogP contribution in [-0.4, -0.2) is 31.6 Å². The molecule has 1 aliphatic heterocycles. The molecule has 2 rings (SSSR count). The number of nitrogens with one attached hydrogen (secondary N) is 1. The van der Waals surface area contributed by atoms with Gasteiger partial charge in [-0.1, -0.05) is 0 Å². The number of nitrogens with two attached hydrogens (primary N) is 2. The summed E-state index contributed by atoms with van der Waals surface area (Å²) < 4.78 is 5.30. The van der Waals surface area contributed by atoms with Gasteiger partial charge in [0, 0.05) is 31.0 Å². The summed E-state index contributed by atoms with van der Waals surface area (Å²) in [6, 6.07) is 5.03. The zero-order chi connectivity index (χ0) is 15.5. The standard InChI is InChI=1S/C15H21N3O3.ClH/c1-10-8-11(2-3-12(10)13(17)19)18-14(20)15(9-16)4-6-21-7-5-15;/h2-3,8H,4-7,9,16H2,1H3,(H2,17,19)(H,18,20);1H. The number of primary amides is 1. The molecular formula is C15H22ClN3O3. The highest BCUT2D eigenvalue weighted by Crippen LogP contribution is 2.31. The molecule has 0 unspecified atom stereocenters. The monoisotopic (exact) mass is 327 g/mol. The Hall–Kier alpha value is -1.63. The smallest absolute Gasteiger partial charge is 0.248 e. The Kier molecular flexibility index (Phi) is 6.34. The first-order chi connectivity index (χ1) is 9.98. The van der Waals surface area contributed by atoms with Crippen LogP contribution in [0.15, 0.2) is 18.2 Å². The minimum absolute atomic E-state index is 0. The molecule has 1 aromatic rings. The summed E-state index contributed by atoms with van der Waals surface area (Å²) in [5.41, 5.74) is 12.3. The van der Waals surface area contributed by atoms with Gasteiger partial charge in [0.2, 0.25) is 11.8 Å². The maximum Gasteiger partial charge on any atom is 0.248 e. The molecule has 1 saturated heterocycles. The third-order valence-corrected chi connectivity index (χ3v) is 4.07. The average molecular weight is 328 g/mol. The van der Waals surface area contributed by atoms with Crippen molar-refractivity contribution in [3.05, 3.63) is 29.3 Å². The van der Waals surface area contributed by atoms with Crippen LogP contribution in [0.5, 0.6) is 0 Å². The Bertz CT molecular complexity index is 557. The van der Waals surface area contributed by atoms with Gasteiger partial charge in [-0.05, 0) is 43.5 Å². The fourth-order valence-corrected chi connectivity index (χ4v) is 2.57. The second-order valence-corrected chi connectivity index (χ2v) is 5.44. The fraction of sp³-hybridized carbons (Fsp3) is 0.467. The zero-order valence-electron chi connectivity index (χ0n) is 12.6. The molecule has 122 valence electrons. The predicted octanol–water partition coefficient (Wildman–Crippen LogP) is 1.21. The van der Waals surface area contributed by atoms with E-state index >= 15 is 0 Å². The lowest BCUT2D eigenvalue weighted by Crippen LogP contribution is -2.46. The molecular weight excluding hydrogens is 306 g/mol. The van der Waals surface area contributed by atoms with Crippen LogP contribution in [-0.2, 0) is 9.53 Å². The molecule has 0 bridgehead atoms. The lowest BCUT2D eigenvalue weighted by Gasteiger charge is -2.34. The Morgan fingerprint density at radius 2 is 1.95 bits per heavy atom. The lowest BCUT2D eigenvalue weighted by atomic mass is 9.79. The van der Waals surface area contributed by atoms with Gasteiger partial charge in [-0.3, -0.25) is 9.59 Å². The van der Waals surface area contributed by atoms with Crippen molar-refractivity contribution >= 4 is 29.9 Å². The number of hydrogen-bond acceptors (Lipinski definition) is 4. The quantitative estimate of drug-likeness (QED) is 0.772. The highest BCUT2D eigenvalue weighted by atomic mass is 35.5. The van der Waals surface area contributed by atoms with Crippen molar-refractivity contribution in [3.63, 3.8) is 0 Å². The first-order valence-electron chi connectivity index (χ1n) is 6.98. The number of carbonyl (C=O) groups is 2. The molecule has 1 fully saturated rings. The lowest BCUT2D eigenvalue weighted by molar-refractivity contribution is -0.130. The van der Waals surface area contributed by atoms with Crippen molar-refractivity contribution in [2.45, 2.75) is 19.8 Å². The van der Waals surface area contributed by atoms with Gasteiger partial charge >= 0.3 is 0 Å². The molecule has 7 heteroatoms. The number of anilines is 1. The van der Waals surface area contributed by atoms with E-state index in [9.17, 15) is 9.59 Å². The second-order valence-electron chi connectivity index (χ2n) is 5.44. The van der Waals surface area contributed by atoms with Crippen LogP contribution < -0.4 is 16.8 Å². The minimum Gasteiger partial charge on any atom is -0.381 e. The van der Waals surface area contributed by atoms with Gasteiger partial charge in [0.05, 0.1) is 5.41 Å². The summed E-state index contributed by atoms with van der Waals surface area (Å²) in [6.45, 7) is 3.16. The van der Waals surface area contributed by atoms with E-state index in [1.54, 1.807) is 25.1 Å². The SMILES string of the molecule is Cc1cc(NC(=O)C2(CN)CCOCC2)ccc1C(N)=O.Cl. The Balaban J connectivity index is 0.00000242. The highest BCUT2D eigenvalue weighted by Gasteiger charge is 2.38. The number of rotatable bonds is 4.